The molecule has 0 unspecified atom stereocenters. The van der Waals surface area contributed by atoms with Gasteiger partial charge in [0.25, 0.3) is 0 Å². The molecule has 0 amide bonds. The summed E-state index contributed by atoms with van der Waals surface area (Å²) in [6.45, 7) is 6.76. The summed E-state index contributed by atoms with van der Waals surface area (Å²) in [6, 6.07) is 0. The SMILES string of the molecule is C[C]1[Bi]=[C](C)C=C1C. The molecule has 1 aliphatic rings. The molecule has 0 atom stereocenters. The van der Waals surface area contributed by atoms with Crippen molar-refractivity contribution < 1.29 is 0 Å². The fourth-order valence-corrected chi connectivity index (χ4v) is 4.80. The molecule has 0 saturated carbocycles. The van der Waals surface area contributed by atoms with Gasteiger partial charge >= 0.3 is 62.0 Å². The fraction of sp³-hybridized carbons (Fsp3) is 0.429. The standard InChI is InChI=1S/C7H10.Bi/c1-4-6-7(3)5-2;/h6H,1-3H3;. The molecule has 0 fully saturated rings. The van der Waals surface area contributed by atoms with Crippen molar-refractivity contribution in [2.75, 3.05) is 0 Å². The first-order chi connectivity index (χ1) is 3.70. The Morgan fingerprint density at radius 1 is 1.25 bits per heavy atom. The summed E-state index contributed by atoms with van der Waals surface area (Å²) in [5, 5.41) is 0. The van der Waals surface area contributed by atoms with Gasteiger partial charge in [0.05, 0.1) is 0 Å². The van der Waals surface area contributed by atoms with Crippen molar-refractivity contribution in [1.29, 1.82) is 0 Å². The quantitative estimate of drug-likeness (QED) is 0.593. The van der Waals surface area contributed by atoms with Crippen LogP contribution < -0.4 is 0 Å². The number of hydrogen-bond acceptors (Lipinski definition) is 0. The van der Waals surface area contributed by atoms with E-state index in [-0.39, 0.29) is 22.8 Å². The van der Waals surface area contributed by atoms with E-state index < -0.39 is 0 Å². The van der Waals surface area contributed by atoms with E-state index in [2.05, 4.69) is 26.8 Å². The molecular weight excluding hydrogens is 293 g/mol. The molecule has 1 heteroatoms. The molecule has 0 N–H and O–H groups in total. The minimum atomic E-state index is -0.249. The fourth-order valence-electron chi connectivity index (χ4n) is 0.803. The van der Waals surface area contributed by atoms with Crippen LogP contribution in [0.25, 0.3) is 0 Å². The minimum absolute atomic E-state index is 0.249. The van der Waals surface area contributed by atoms with Gasteiger partial charge in [-0.2, -0.15) is 0 Å². The molecule has 0 aromatic heterocycles. The molecule has 0 nitrogen and oxygen atoms in total. The summed E-state index contributed by atoms with van der Waals surface area (Å²) in [4.78, 5) is 0. The van der Waals surface area contributed by atoms with E-state index in [1.165, 1.54) is 0 Å². The number of rotatable bonds is 0. The van der Waals surface area contributed by atoms with Crippen molar-refractivity contribution in [2.45, 2.75) is 20.8 Å². The van der Waals surface area contributed by atoms with Gasteiger partial charge in [-0.1, -0.05) is 0 Å². The van der Waals surface area contributed by atoms with Crippen molar-refractivity contribution in [3.8, 4) is 0 Å². The summed E-state index contributed by atoms with van der Waals surface area (Å²) in [6.07, 6.45) is 2.34. The Labute approximate surface area is 62.0 Å². The predicted octanol–water partition coefficient (Wildman–Crippen LogP) is 1.39. The van der Waals surface area contributed by atoms with Crippen LogP contribution in [-0.4, -0.2) is 26.0 Å². The molecular formula is C7H10Bi. The van der Waals surface area contributed by atoms with Gasteiger partial charge in [0, 0.05) is 0 Å². The second-order valence-electron chi connectivity index (χ2n) is 2.17. The van der Waals surface area contributed by atoms with E-state index in [4.69, 9.17) is 0 Å². The van der Waals surface area contributed by atoms with Crippen LogP contribution in [-0.2, 0) is 0 Å². The molecule has 8 heavy (non-hydrogen) atoms. The molecule has 0 spiro atoms. The second kappa shape index (κ2) is 2.39. The van der Waals surface area contributed by atoms with Crippen LogP contribution in [0, 0.1) is 3.63 Å². The Morgan fingerprint density at radius 2 is 1.88 bits per heavy atom. The molecule has 43 valence electrons. The van der Waals surface area contributed by atoms with Crippen molar-refractivity contribution in [3.05, 3.63) is 15.3 Å². The summed E-state index contributed by atoms with van der Waals surface area (Å²) >= 11 is -0.249. The second-order valence-corrected chi connectivity index (χ2v) is 8.39. The van der Waals surface area contributed by atoms with E-state index in [1.54, 1.807) is 12.4 Å². The number of allylic oxidation sites excluding steroid dienone is 2. The first-order valence-corrected chi connectivity index (χ1v) is 6.25. The van der Waals surface area contributed by atoms with Crippen LogP contribution in [0.4, 0.5) is 0 Å². The topological polar surface area (TPSA) is 0 Å². The molecule has 0 saturated heterocycles. The third-order valence-corrected chi connectivity index (χ3v) is 5.89. The molecule has 0 bridgehead atoms. The average molecular weight is 303 g/mol. The van der Waals surface area contributed by atoms with E-state index in [0.717, 1.165) is 0 Å². The zero-order valence-electron chi connectivity index (χ0n) is 5.52. The van der Waals surface area contributed by atoms with Crippen molar-refractivity contribution in [3.63, 3.8) is 0 Å². The van der Waals surface area contributed by atoms with Gasteiger partial charge in [0.1, 0.15) is 0 Å². The van der Waals surface area contributed by atoms with Gasteiger partial charge in [0.2, 0.25) is 0 Å². The maximum absolute atomic E-state index is 2.34. The molecule has 1 heterocycles. The summed E-state index contributed by atoms with van der Waals surface area (Å²) in [7, 11) is 0. The Bertz CT molecular complexity index is 154. The van der Waals surface area contributed by atoms with Crippen LogP contribution in [0.1, 0.15) is 20.8 Å². The third kappa shape index (κ3) is 1.26. The molecule has 1 aliphatic heterocycles. The van der Waals surface area contributed by atoms with Crippen molar-refractivity contribution in [1.82, 2.24) is 0 Å². The maximum atomic E-state index is 2.34. The van der Waals surface area contributed by atoms with Crippen LogP contribution in [0.2, 0.25) is 0 Å². The molecule has 1 rings (SSSR count). The molecule has 0 aliphatic carbocycles. The van der Waals surface area contributed by atoms with Crippen molar-refractivity contribution >= 4 is 26.0 Å². The van der Waals surface area contributed by atoms with Gasteiger partial charge in [0.15, 0.2) is 0 Å². The summed E-state index contributed by atoms with van der Waals surface area (Å²) in [5.74, 6) is 0. The third-order valence-electron chi connectivity index (χ3n) is 1.34. The Morgan fingerprint density at radius 3 is 2.00 bits per heavy atom. The van der Waals surface area contributed by atoms with Crippen LogP contribution in [0.3, 0.4) is 0 Å². The van der Waals surface area contributed by atoms with Gasteiger partial charge < -0.3 is 0 Å². The van der Waals surface area contributed by atoms with Gasteiger partial charge in [-0.25, -0.2) is 0 Å². The van der Waals surface area contributed by atoms with Crippen LogP contribution >= 0.6 is 0 Å². The van der Waals surface area contributed by atoms with Gasteiger partial charge in [-0.15, -0.1) is 0 Å². The molecule has 1 radical (unpaired) electrons. The Balaban J connectivity index is 2.78. The Hall–Kier alpha value is 0.493. The van der Waals surface area contributed by atoms with Gasteiger partial charge in [-0.3, -0.25) is 0 Å². The van der Waals surface area contributed by atoms with E-state index in [0.29, 0.717) is 0 Å². The summed E-state index contributed by atoms with van der Waals surface area (Å²) in [5.41, 5.74) is 1.54. The van der Waals surface area contributed by atoms with Crippen molar-refractivity contribution in [2.24, 2.45) is 0 Å². The zero-order chi connectivity index (χ0) is 6.15. The first kappa shape index (κ1) is 6.61. The predicted molar refractivity (Wildman–Crippen MR) is 39.1 cm³/mol. The van der Waals surface area contributed by atoms with E-state index in [1.807, 2.05) is 0 Å². The van der Waals surface area contributed by atoms with E-state index >= 15 is 0 Å². The number of hydrogen-bond donors (Lipinski definition) is 0. The average Bonchev–Trinajstić information content (AvgIpc) is 1.85. The molecule has 0 aromatic carbocycles. The Kier molecular flexibility index (Phi) is 1.98. The van der Waals surface area contributed by atoms with E-state index in [9.17, 15) is 0 Å². The first-order valence-electron chi connectivity index (χ1n) is 2.77. The normalized spacial score (nSPS) is 20.9. The zero-order valence-corrected chi connectivity index (χ0v) is 9.00. The molecule has 0 aromatic rings. The monoisotopic (exact) mass is 303 g/mol. The summed E-state index contributed by atoms with van der Waals surface area (Å²) < 4.78 is 3.39. The van der Waals surface area contributed by atoms with Crippen LogP contribution in [0.15, 0.2) is 11.6 Å². The van der Waals surface area contributed by atoms with Gasteiger partial charge in [-0.05, 0) is 0 Å². The van der Waals surface area contributed by atoms with Crippen LogP contribution in [0.5, 0.6) is 0 Å².